The van der Waals surface area contributed by atoms with Gasteiger partial charge in [-0.15, -0.1) is 0 Å². The summed E-state index contributed by atoms with van der Waals surface area (Å²) in [6.45, 7) is 4.39. The van der Waals surface area contributed by atoms with E-state index in [4.69, 9.17) is 9.47 Å². The van der Waals surface area contributed by atoms with E-state index in [1.54, 1.807) is 23.9 Å². The quantitative estimate of drug-likeness (QED) is 0.651. The third-order valence-electron chi connectivity index (χ3n) is 4.90. The number of carbonyl (C=O) groups is 1. The molecule has 0 unspecified atom stereocenters. The summed E-state index contributed by atoms with van der Waals surface area (Å²) in [5.74, 6) is 1.70. The predicted octanol–water partition coefficient (Wildman–Crippen LogP) is 3.61. The molecule has 0 fully saturated rings. The average Bonchev–Trinajstić information content (AvgIpc) is 3.22. The number of para-hydroxylation sites is 2. The molecule has 2 aromatic carbocycles. The van der Waals surface area contributed by atoms with Crippen molar-refractivity contribution in [2.75, 3.05) is 24.4 Å². The van der Waals surface area contributed by atoms with Crippen LogP contribution in [0.15, 0.2) is 66.1 Å². The van der Waals surface area contributed by atoms with Gasteiger partial charge in [-0.25, -0.2) is 4.68 Å². The lowest BCUT2D eigenvalue weighted by molar-refractivity contribution is -0.113. The Morgan fingerprint density at radius 3 is 2.70 bits per heavy atom. The van der Waals surface area contributed by atoms with Gasteiger partial charge in [-0.05, 0) is 43.7 Å². The van der Waals surface area contributed by atoms with Crippen molar-refractivity contribution in [1.82, 2.24) is 14.8 Å². The number of amides is 1. The number of methoxy groups -OCH3 is 1. The van der Waals surface area contributed by atoms with Crippen molar-refractivity contribution in [3.63, 3.8) is 0 Å². The Morgan fingerprint density at radius 2 is 1.97 bits per heavy atom. The fourth-order valence-corrected chi connectivity index (χ4v) is 3.54. The molecule has 8 heteroatoms. The first-order valence-corrected chi connectivity index (χ1v) is 9.66. The standard InChI is InChI=1S/C22H23N5O3/c1-4-30-16-11-9-15(10-12-16)20-19(14(2)25-22-23-13-24-27(20)22)21(28)26-17-7-5-6-8-18(17)29-3/h5-13,20H,4H2,1-3H3,(H,26,28)(H,23,24,25)/t20-/m1/s1. The van der Waals surface area contributed by atoms with Crippen LogP contribution in [-0.2, 0) is 4.79 Å². The summed E-state index contributed by atoms with van der Waals surface area (Å²) >= 11 is 0. The van der Waals surface area contributed by atoms with Gasteiger partial charge >= 0.3 is 0 Å². The number of hydrogen-bond acceptors (Lipinski definition) is 6. The summed E-state index contributed by atoms with van der Waals surface area (Å²) in [5.41, 5.74) is 2.75. The number of nitrogens with one attached hydrogen (secondary N) is 2. The third kappa shape index (κ3) is 3.59. The molecule has 1 atom stereocenters. The van der Waals surface area contributed by atoms with Crippen molar-refractivity contribution >= 4 is 17.5 Å². The zero-order chi connectivity index (χ0) is 21.1. The molecule has 0 bridgehead atoms. The molecule has 0 aliphatic carbocycles. The van der Waals surface area contributed by atoms with E-state index < -0.39 is 6.04 Å². The van der Waals surface area contributed by atoms with Crippen LogP contribution in [0.1, 0.15) is 25.5 Å². The zero-order valence-electron chi connectivity index (χ0n) is 17.0. The number of fused-ring (bicyclic) bond motifs is 1. The topological polar surface area (TPSA) is 90.3 Å². The molecule has 0 radical (unpaired) electrons. The van der Waals surface area contributed by atoms with Crippen LogP contribution in [0.2, 0.25) is 0 Å². The molecular formula is C22H23N5O3. The molecule has 1 aliphatic rings. The number of ether oxygens (including phenoxy) is 2. The molecule has 8 nitrogen and oxygen atoms in total. The molecule has 4 rings (SSSR count). The summed E-state index contributed by atoms with van der Waals surface area (Å²) in [5, 5.41) is 10.5. The highest BCUT2D eigenvalue weighted by Crippen LogP contribution is 2.36. The second kappa shape index (κ2) is 8.28. The molecule has 1 amide bonds. The van der Waals surface area contributed by atoms with Gasteiger partial charge in [0.1, 0.15) is 23.9 Å². The van der Waals surface area contributed by atoms with Crippen molar-refractivity contribution in [2.24, 2.45) is 0 Å². The van der Waals surface area contributed by atoms with Crippen molar-refractivity contribution < 1.29 is 14.3 Å². The maximum atomic E-state index is 13.4. The van der Waals surface area contributed by atoms with Crippen LogP contribution >= 0.6 is 0 Å². The van der Waals surface area contributed by atoms with Gasteiger partial charge in [0.15, 0.2) is 0 Å². The highest BCUT2D eigenvalue weighted by molar-refractivity contribution is 6.06. The maximum absolute atomic E-state index is 13.4. The molecule has 3 aromatic rings. The Morgan fingerprint density at radius 1 is 1.20 bits per heavy atom. The van der Waals surface area contributed by atoms with Crippen LogP contribution in [-0.4, -0.2) is 34.4 Å². The first-order chi connectivity index (χ1) is 14.6. The molecule has 1 aliphatic heterocycles. The monoisotopic (exact) mass is 405 g/mol. The minimum absolute atomic E-state index is 0.246. The van der Waals surface area contributed by atoms with Gasteiger partial charge in [-0.3, -0.25) is 4.79 Å². The number of anilines is 2. The van der Waals surface area contributed by atoms with Crippen LogP contribution in [0.3, 0.4) is 0 Å². The van der Waals surface area contributed by atoms with E-state index >= 15 is 0 Å². The Bertz CT molecular complexity index is 1090. The lowest BCUT2D eigenvalue weighted by atomic mass is 9.95. The number of carbonyl (C=O) groups excluding carboxylic acids is 1. The van der Waals surface area contributed by atoms with Gasteiger partial charge in [0.05, 0.1) is 25.0 Å². The molecule has 30 heavy (non-hydrogen) atoms. The molecular weight excluding hydrogens is 382 g/mol. The van der Waals surface area contributed by atoms with Gasteiger partial charge in [0, 0.05) is 5.70 Å². The Balaban J connectivity index is 1.73. The Labute approximate surface area is 174 Å². The van der Waals surface area contributed by atoms with Crippen molar-refractivity contribution in [1.29, 1.82) is 0 Å². The Kier molecular flexibility index (Phi) is 5.38. The SMILES string of the molecule is CCOc1ccc([C@@H]2C(C(=O)Nc3ccccc3OC)=C(C)Nc3ncnn32)cc1. The summed E-state index contributed by atoms with van der Waals surface area (Å²) in [6, 6.07) is 14.5. The first-order valence-electron chi connectivity index (χ1n) is 9.66. The summed E-state index contributed by atoms with van der Waals surface area (Å²) in [7, 11) is 1.57. The lowest BCUT2D eigenvalue weighted by Gasteiger charge is -2.29. The van der Waals surface area contributed by atoms with Crippen molar-refractivity contribution in [3.8, 4) is 11.5 Å². The second-order valence-electron chi connectivity index (χ2n) is 6.75. The van der Waals surface area contributed by atoms with E-state index in [0.29, 0.717) is 35.3 Å². The van der Waals surface area contributed by atoms with Crippen LogP contribution < -0.4 is 20.1 Å². The molecule has 0 spiro atoms. The van der Waals surface area contributed by atoms with Gasteiger partial charge in [-0.1, -0.05) is 24.3 Å². The van der Waals surface area contributed by atoms with E-state index in [-0.39, 0.29) is 5.91 Å². The number of rotatable bonds is 6. The van der Waals surface area contributed by atoms with Crippen molar-refractivity contribution in [2.45, 2.75) is 19.9 Å². The second-order valence-corrected chi connectivity index (χ2v) is 6.75. The smallest absolute Gasteiger partial charge is 0.255 e. The van der Waals surface area contributed by atoms with Gasteiger partial charge in [-0.2, -0.15) is 10.1 Å². The molecule has 154 valence electrons. The van der Waals surface area contributed by atoms with Crippen LogP contribution in [0.5, 0.6) is 11.5 Å². The maximum Gasteiger partial charge on any atom is 0.255 e. The summed E-state index contributed by atoms with van der Waals surface area (Å²) in [4.78, 5) is 17.6. The molecule has 0 saturated carbocycles. The fourth-order valence-electron chi connectivity index (χ4n) is 3.54. The number of aromatic nitrogens is 3. The minimum Gasteiger partial charge on any atom is -0.495 e. The number of hydrogen-bond donors (Lipinski definition) is 2. The van der Waals surface area contributed by atoms with E-state index in [0.717, 1.165) is 11.3 Å². The van der Waals surface area contributed by atoms with E-state index in [9.17, 15) is 4.79 Å². The highest BCUT2D eigenvalue weighted by Gasteiger charge is 2.33. The lowest BCUT2D eigenvalue weighted by Crippen LogP contribution is -2.31. The average molecular weight is 405 g/mol. The van der Waals surface area contributed by atoms with E-state index in [1.807, 2.05) is 50.2 Å². The summed E-state index contributed by atoms with van der Waals surface area (Å²) < 4.78 is 12.6. The van der Waals surface area contributed by atoms with E-state index in [1.165, 1.54) is 6.33 Å². The van der Waals surface area contributed by atoms with Gasteiger partial charge < -0.3 is 20.1 Å². The van der Waals surface area contributed by atoms with Crippen LogP contribution in [0.25, 0.3) is 0 Å². The largest absolute Gasteiger partial charge is 0.495 e. The van der Waals surface area contributed by atoms with Gasteiger partial charge in [0.25, 0.3) is 5.91 Å². The molecule has 0 saturated heterocycles. The summed E-state index contributed by atoms with van der Waals surface area (Å²) in [6.07, 6.45) is 1.47. The van der Waals surface area contributed by atoms with Crippen molar-refractivity contribution in [3.05, 3.63) is 71.7 Å². The number of nitrogens with zero attached hydrogens (tertiary/aromatic N) is 3. The minimum atomic E-state index is -0.436. The van der Waals surface area contributed by atoms with E-state index in [2.05, 4.69) is 20.7 Å². The fraction of sp³-hybridized carbons (Fsp3) is 0.227. The highest BCUT2D eigenvalue weighted by atomic mass is 16.5. The zero-order valence-corrected chi connectivity index (χ0v) is 17.0. The van der Waals surface area contributed by atoms with Crippen LogP contribution in [0.4, 0.5) is 11.6 Å². The normalized spacial score (nSPS) is 15.2. The number of allylic oxidation sites excluding steroid dienone is 1. The molecule has 1 aromatic heterocycles. The molecule has 2 heterocycles. The first kappa shape index (κ1) is 19.5. The van der Waals surface area contributed by atoms with Crippen LogP contribution in [0, 0.1) is 0 Å². The van der Waals surface area contributed by atoms with Gasteiger partial charge in [0.2, 0.25) is 5.95 Å². The number of benzene rings is 2. The Hall–Kier alpha value is -3.81. The molecule has 2 N–H and O–H groups in total. The predicted molar refractivity (Wildman–Crippen MR) is 114 cm³/mol. The third-order valence-corrected chi connectivity index (χ3v) is 4.90.